The molecule has 2 N–H and O–H groups in total. The number of carboxylic acids is 1. The number of carboxylic acid groups (broad SMARTS) is 1. The van der Waals surface area contributed by atoms with Crippen molar-refractivity contribution in [3.63, 3.8) is 0 Å². The van der Waals surface area contributed by atoms with Crippen LogP contribution in [0.2, 0.25) is 0 Å². The molecular weight excluding hydrogens is 278 g/mol. The van der Waals surface area contributed by atoms with E-state index in [2.05, 4.69) is 9.50 Å². The van der Waals surface area contributed by atoms with Gasteiger partial charge in [0.05, 0.1) is 6.26 Å². The fraction of sp³-hybridized carbons (Fsp3) is 0.800. The Kier molecular flexibility index (Phi) is 6.23. The molecule has 19 heavy (non-hydrogen) atoms. The molecule has 0 fully saturated rings. The molecule has 0 saturated carbocycles. The highest BCUT2D eigenvalue weighted by atomic mass is 32.2. The minimum absolute atomic E-state index is 0.193. The van der Waals surface area contributed by atoms with Crippen molar-refractivity contribution in [2.75, 3.05) is 6.26 Å². The molecule has 8 nitrogen and oxygen atoms in total. The van der Waals surface area contributed by atoms with Gasteiger partial charge in [-0.05, 0) is 20.8 Å². The van der Waals surface area contributed by atoms with Crippen molar-refractivity contribution in [3.05, 3.63) is 0 Å². The normalized spacial score (nSPS) is 13.7. The van der Waals surface area contributed by atoms with Gasteiger partial charge in [-0.1, -0.05) is 0 Å². The maximum atomic E-state index is 11.4. The van der Waals surface area contributed by atoms with Gasteiger partial charge in [0.25, 0.3) is 10.1 Å². The highest BCUT2D eigenvalue weighted by Crippen LogP contribution is 2.09. The third-order valence-corrected chi connectivity index (χ3v) is 2.17. The summed E-state index contributed by atoms with van der Waals surface area (Å²) in [4.78, 5) is 21.9. The fourth-order valence-corrected chi connectivity index (χ4v) is 1.62. The van der Waals surface area contributed by atoms with E-state index in [0.717, 1.165) is 6.26 Å². The standard InChI is InChI=1S/C10H19NO7S/c1-10(2,3)17-9(14)11-7(5-6-8(12)13)18-19(4,15)16/h7H,5-6H2,1-4H3,(H,11,14)(H,12,13). The van der Waals surface area contributed by atoms with Crippen molar-refractivity contribution < 1.29 is 32.0 Å². The van der Waals surface area contributed by atoms with Crippen LogP contribution in [0.3, 0.4) is 0 Å². The molecule has 0 aromatic rings. The first-order valence-electron chi connectivity index (χ1n) is 5.48. The predicted octanol–water partition coefficient (Wildman–Crippen LogP) is 0.678. The number of aliphatic carboxylic acids is 1. The summed E-state index contributed by atoms with van der Waals surface area (Å²) in [6.45, 7) is 4.91. The molecule has 0 aliphatic heterocycles. The summed E-state index contributed by atoms with van der Waals surface area (Å²) in [5.74, 6) is -1.13. The zero-order valence-corrected chi connectivity index (χ0v) is 12.1. The lowest BCUT2D eigenvalue weighted by molar-refractivity contribution is -0.137. The van der Waals surface area contributed by atoms with Gasteiger partial charge in [0.15, 0.2) is 6.23 Å². The number of carbonyl (C=O) groups is 2. The second-order valence-corrected chi connectivity index (χ2v) is 6.47. The molecule has 0 radical (unpaired) electrons. The number of nitrogens with one attached hydrogen (secondary N) is 1. The third-order valence-electron chi connectivity index (χ3n) is 1.59. The van der Waals surface area contributed by atoms with Crippen LogP contribution in [-0.2, 0) is 23.8 Å². The van der Waals surface area contributed by atoms with Gasteiger partial charge in [-0.3, -0.25) is 10.1 Å². The van der Waals surface area contributed by atoms with Crippen LogP contribution < -0.4 is 5.32 Å². The van der Waals surface area contributed by atoms with Crippen LogP contribution in [0.1, 0.15) is 33.6 Å². The SMILES string of the molecule is CC(C)(C)OC(=O)NC(CCC(=O)O)OS(C)(=O)=O. The van der Waals surface area contributed by atoms with Crippen LogP contribution in [-0.4, -0.2) is 43.7 Å². The van der Waals surface area contributed by atoms with Crippen molar-refractivity contribution >= 4 is 22.2 Å². The van der Waals surface area contributed by atoms with Gasteiger partial charge < -0.3 is 9.84 Å². The Morgan fingerprint density at radius 1 is 1.32 bits per heavy atom. The Morgan fingerprint density at radius 3 is 2.21 bits per heavy atom. The largest absolute Gasteiger partial charge is 0.481 e. The number of rotatable bonds is 6. The molecule has 9 heteroatoms. The van der Waals surface area contributed by atoms with Crippen molar-refractivity contribution in [1.29, 1.82) is 0 Å². The molecule has 1 unspecified atom stereocenters. The number of ether oxygens (including phenoxy) is 1. The molecule has 1 atom stereocenters. The number of carbonyl (C=O) groups excluding carboxylic acids is 1. The summed E-state index contributed by atoms with van der Waals surface area (Å²) < 4.78 is 31.5. The Hall–Kier alpha value is -1.35. The average Bonchev–Trinajstić information content (AvgIpc) is 2.08. The summed E-state index contributed by atoms with van der Waals surface area (Å²) >= 11 is 0. The molecule has 1 amide bonds. The Bertz CT molecular complexity index is 424. The van der Waals surface area contributed by atoms with Crippen LogP contribution in [0, 0.1) is 0 Å². The summed E-state index contributed by atoms with van der Waals surface area (Å²) in [6.07, 6.45) is -1.90. The minimum Gasteiger partial charge on any atom is -0.481 e. The van der Waals surface area contributed by atoms with E-state index in [1.807, 2.05) is 0 Å². The van der Waals surface area contributed by atoms with Crippen molar-refractivity contribution in [3.8, 4) is 0 Å². The fourth-order valence-electron chi connectivity index (χ4n) is 1.05. The Labute approximate surface area is 112 Å². The van der Waals surface area contributed by atoms with Gasteiger partial charge in [0, 0.05) is 12.8 Å². The topological polar surface area (TPSA) is 119 Å². The summed E-state index contributed by atoms with van der Waals surface area (Å²) in [6, 6.07) is 0. The predicted molar refractivity (Wildman–Crippen MR) is 66.0 cm³/mol. The molecule has 0 heterocycles. The smallest absolute Gasteiger partial charge is 0.409 e. The highest BCUT2D eigenvalue weighted by Gasteiger charge is 2.23. The van der Waals surface area contributed by atoms with E-state index in [0.29, 0.717) is 0 Å². The van der Waals surface area contributed by atoms with Crippen LogP contribution in [0.25, 0.3) is 0 Å². The molecule has 0 aliphatic carbocycles. The summed E-state index contributed by atoms with van der Waals surface area (Å²) in [5, 5.41) is 10.7. The molecule has 112 valence electrons. The Balaban J connectivity index is 4.57. The summed E-state index contributed by atoms with van der Waals surface area (Å²) in [7, 11) is -3.82. The van der Waals surface area contributed by atoms with Crippen molar-refractivity contribution in [2.24, 2.45) is 0 Å². The van der Waals surface area contributed by atoms with Gasteiger partial charge in [-0.25, -0.2) is 8.98 Å². The zero-order chi connectivity index (χ0) is 15.3. The lowest BCUT2D eigenvalue weighted by atomic mass is 10.2. The maximum absolute atomic E-state index is 11.4. The van der Waals surface area contributed by atoms with Gasteiger partial charge in [-0.15, -0.1) is 0 Å². The Morgan fingerprint density at radius 2 is 1.84 bits per heavy atom. The molecule has 0 bridgehead atoms. The van der Waals surface area contributed by atoms with Gasteiger partial charge >= 0.3 is 12.1 Å². The molecule has 0 aromatic carbocycles. The quantitative estimate of drug-likeness (QED) is 0.546. The lowest BCUT2D eigenvalue weighted by Gasteiger charge is -2.22. The molecule has 0 aliphatic rings. The molecular formula is C10H19NO7S. The van der Waals surface area contributed by atoms with E-state index in [1.54, 1.807) is 20.8 Å². The van der Waals surface area contributed by atoms with Crippen LogP contribution in [0.15, 0.2) is 0 Å². The number of alkyl carbamates (subject to hydrolysis) is 1. The van der Waals surface area contributed by atoms with E-state index in [-0.39, 0.29) is 12.8 Å². The van der Waals surface area contributed by atoms with Crippen LogP contribution in [0.4, 0.5) is 4.79 Å². The van der Waals surface area contributed by atoms with E-state index < -0.39 is 34.0 Å². The van der Waals surface area contributed by atoms with Gasteiger partial charge in [-0.2, -0.15) is 8.42 Å². The second kappa shape index (κ2) is 6.71. The first-order valence-corrected chi connectivity index (χ1v) is 7.30. The van der Waals surface area contributed by atoms with E-state index in [1.165, 1.54) is 0 Å². The number of hydrogen-bond acceptors (Lipinski definition) is 6. The first-order chi connectivity index (χ1) is 8.39. The minimum atomic E-state index is -3.82. The van der Waals surface area contributed by atoms with Gasteiger partial charge in [0.2, 0.25) is 0 Å². The highest BCUT2D eigenvalue weighted by molar-refractivity contribution is 7.86. The average molecular weight is 297 g/mol. The van der Waals surface area contributed by atoms with E-state index in [4.69, 9.17) is 9.84 Å². The van der Waals surface area contributed by atoms with Crippen LogP contribution >= 0.6 is 0 Å². The van der Waals surface area contributed by atoms with Crippen molar-refractivity contribution in [1.82, 2.24) is 5.32 Å². The molecule has 0 rings (SSSR count). The summed E-state index contributed by atoms with van der Waals surface area (Å²) in [5.41, 5.74) is -0.757. The van der Waals surface area contributed by atoms with Crippen molar-refractivity contribution in [2.45, 2.75) is 45.4 Å². The maximum Gasteiger partial charge on any atom is 0.409 e. The monoisotopic (exact) mass is 297 g/mol. The number of hydrogen-bond donors (Lipinski definition) is 2. The lowest BCUT2D eigenvalue weighted by Crippen LogP contribution is -2.41. The third kappa shape index (κ3) is 11.5. The molecule has 0 spiro atoms. The van der Waals surface area contributed by atoms with E-state index >= 15 is 0 Å². The van der Waals surface area contributed by atoms with E-state index in [9.17, 15) is 18.0 Å². The number of amides is 1. The van der Waals surface area contributed by atoms with Crippen LogP contribution in [0.5, 0.6) is 0 Å². The molecule has 0 saturated heterocycles. The first kappa shape index (κ1) is 17.6. The van der Waals surface area contributed by atoms with Gasteiger partial charge in [0.1, 0.15) is 5.60 Å². The molecule has 0 aromatic heterocycles. The zero-order valence-electron chi connectivity index (χ0n) is 11.3. The second-order valence-electron chi connectivity index (χ2n) is 4.87.